The second kappa shape index (κ2) is 5.30. The molecule has 0 amide bonds. The van der Waals surface area contributed by atoms with Crippen LogP contribution in [-0.2, 0) is 0 Å². The largest absolute Gasteiger partial charge is 0.231 e. The lowest BCUT2D eigenvalue weighted by atomic mass is 10.2. The number of alkyl halides is 1. The minimum absolute atomic E-state index is 0.676. The van der Waals surface area contributed by atoms with Crippen molar-refractivity contribution in [1.29, 1.82) is 0 Å². The van der Waals surface area contributed by atoms with Gasteiger partial charge < -0.3 is 0 Å². The fraction of sp³-hybridized carbons (Fsp3) is 1.00. The predicted molar refractivity (Wildman–Crippen MR) is 50.1 cm³/mol. The van der Waals surface area contributed by atoms with Gasteiger partial charge >= 0.3 is 0 Å². The minimum Gasteiger partial charge on any atom is -0.231 e. The van der Waals surface area contributed by atoms with Crippen LogP contribution in [0.15, 0.2) is 0 Å². The van der Waals surface area contributed by atoms with E-state index in [1.54, 1.807) is 6.92 Å². The zero-order chi connectivity index (χ0) is 8.04. The molecular weight excluding hydrogens is 167 g/mol. The highest BCUT2D eigenvalue weighted by Gasteiger charge is 2.22. The van der Waals surface area contributed by atoms with E-state index in [4.69, 9.17) is 0 Å². The Bertz CT molecular complexity index is 83.7. The highest BCUT2D eigenvalue weighted by atomic mass is 33.1. The fourth-order valence-electron chi connectivity index (χ4n) is 0.708. The Hall–Kier alpha value is 0.630. The van der Waals surface area contributed by atoms with Crippen molar-refractivity contribution in [2.75, 3.05) is 6.26 Å². The molecule has 0 heterocycles. The average Bonchev–Trinajstić information content (AvgIpc) is 1.84. The minimum atomic E-state index is -1.02. The molecule has 0 fully saturated rings. The standard InChI is InChI=1S/C7H15FS2/c1-4-5-6-7(2,8)10-9-3/h4-6H2,1-3H3. The Morgan fingerprint density at radius 1 is 1.50 bits per heavy atom. The molecule has 1 atom stereocenters. The lowest BCUT2D eigenvalue weighted by Gasteiger charge is -2.16. The van der Waals surface area contributed by atoms with E-state index in [0.29, 0.717) is 6.42 Å². The topological polar surface area (TPSA) is 0 Å². The van der Waals surface area contributed by atoms with E-state index < -0.39 is 5.00 Å². The van der Waals surface area contributed by atoms with Crippen LogP contribution in [0.5, 0.6) is 0 Å². The van der Waals surface area contributed by atoms with Crippen molar-refractivity contribution in [3.63, 3.8) is 0 Å². The van der Waals surface area contributed by atoms with E-state index in [2.05, 4.69) is 6.92 Å². The highest BCUT2D eigenvalue weighted by Crippen LogP contribution is 2.38. The Balaban J connectivity index is 3.42. The molecule has 0 bridgehead atoms. The SMILES string of the molecule is CCCCC(C)(F)SSC. The van der Waals surface area contributed by atoms with Gasteiger partial charge in [-0.1, -0.05) is 34.9 Å². The van der Waals surface area contributed by atoms with Gasteiger partial charge in [-0.25, -0.2) is 4.39 Å². The van der Waals surface area contributed by atoms with Gasteiger partial charge in [0.1, 0.15) is 0 Å². The maximum Gasteiger partial charge on any atom is 0.163 e. The molecule has 0 radical (unpaired) electrons. The molecule has 0 aromatic carbocycles. The normalized spacial score (nSPS) is 16.8. The summed E-state index contributed by atoms with van der Waals surface area (Å²) >= 11 is 0. The van der Waals surface area contributed by atoms with Crippen LogP contribution in [-0.4, -0.2) is 11.3 Å². The van der Waals surface area contributed by atoms with E-state index in [1.807, 2.05) is 6.26 Å². The van der Waals surface area contributed by atoms with Gasteiger partial charge in [0.2, 0.25) is 0 Å². The molecule has 0 aliphatic rings. The molecule has 0 aromatic rings. The first kappa shape index (κ1) is 10.6. The molecule has 1 unspecified atom stereocenters. The Labute approximate surface area is 70.7 Å². The van der Waals surface area contributed by atoms with Gasteiger partial charge in [0.25, 0.3) is 0 Å². The molecule has 0 rings (SSSR count). The van der Waals surface area contributed by atoms with Crippen molar-refractivity contribution in [3.8, 4) is 0 Å². The van der Waals surface area contributed by atoms with Crippen molar-refractivity contribution < 1.29 is 4.39 Å². The van der Waals surface area contributed by atoms with Crippen molar-refractivity contribution in [2.24, 2.45) is 0 Å². The van der Waals surface area contributed by atoms with Gasteiger partial charge in [-0.05, 0) is 26.0 Å². The first-order chi connectivity index (χ1) is 4.62. The van der Waals surface area contributed by atoms with E-state index in [1.165, 1.54) is 21.6 Å². The summed E-state index contributed by atoms with van der Waals surface area (Å²) in [4.78, 5) is 0. The fourth-order valence-corrected chi connectivity index (χ4v) is 2.58. The molecule has 0 aliphatic carbocycles. The quantitative estimate of drug-likeness (QED) is 0.592. The summed E-state index contributed by atoms with van der Waals surface area (Å²) in [6.45, 7) is 3.74. The van der Waals surface area contributed by atoms with Gasteiger partial charge in [0.15, 0.2) is 5.00 Å². The zero-order valence-corrected chi connectivity index (χ0v) is 8.45. The number of rotatable bonds is 5. The summed E-state index contributed by atoms with van der Waals surface area (Å²) in [6, 6.07) is 0. The van der Waals surface area contributed by atoms with Gasteiger partial charge in [-0.15, -0.1) is 0 Å². The number of halogens is 1. The molecule has 0 aliphatic heterocycles. The van der Waals surface area contributed by atoms with Crippen LogP contribution in [0.2, 0.25) is 0 Å². The second-order valence-electron chi connectivity index (χ2n) is 2.46. The predicted octanol–water partition coefficient (Wildman–Crippen LogP) is 3.87. The van der Waals surface area contributed by atoms with Gasteiger partial charge in [-0.3, -0.25) is 0 Å². The molecule has 0 saturated heterocycles. The van der Waals surface area contributed by atoms with Gasteiger partial charge in [0, 0.05) is 0 Å². The lowest BCUT2D eigenvalue weighted by molar-refractivity contribution is 0.292. The third kappa shape index (κ3) is 5.42. The number of hydrogen-bond acceptors (Lipinski definition) is 2. The highest BCUT2D eigenvalue weighted by molar-refractivity contribution is 8.76. The second-order valence-corrected chi connectivity index (χ2v) is 5.31. The molecule has 0 saturated carbocycles. The molecular formula is C7H15FS2. The van der Waals surface area contributed by atoms with Crippen molar-refractivity contribution in [3.05, 3.63) is 0 Å². The summed E-state index contributed by atoms with van der Waals surface area (Å²) in [7, 11) is 2.82. The van der Waals surface area contributed by atoms with E-state index >= 15 is 0 Å². The molecule has 0 aromatic heterocycles. The lowest BCUT2D eigenvalue weighted by Crippen LogP contribution is -2.09. The monoisotopic (exact) mass is 182 g/mol. The van der Waals surface area contributed by atoms with E-state index in [0.717, 1.165) is 12.8 Å². The third-order valence-corrected chi connectivity index (χ3v) is 3.49. The van der Waals surface area contributed by atoms with Crippen molar-refractivity contribution >= 4 is 21.6 Å². The van der Waals surface area contributed by atoms with Crippen LogP contribution in [0, 0.1) is 0 Å². The summed E-state index contributed by atoms with van der Waals surface area (Å²) in [5, 5.41) is -1.02. The zero-order valence-electron chi connectivity index (χ0n) is 6.82. The van der Waals surface area contributed by atoms with Crippen molar-refractivity contribution in [2.45, 2.75) is 38.1 Å². The van der Waals surface area contributed by atoms with Crippen molar-refractivity contribution in [1.82, 2.24) is 0 Å². The van der Waals surface area contributed by atoms with Crippen LogP contribution < -0.4 is 0 Å². The first-order valence-corrected chi connectivity index (χ1v) is 6.09. The molecule has 0 N–H and O–H groups in total. The number of hydrogen-bond donors (Lipinski definition) is 0. The maximum absolute atomic E-state index is 13.2. The summed E-state index contributed by atoms with van der Waals surface area (Å²) in [5.74, 6) is 0. The summed E-state index contributed by atoms with van der Waals surface area (Å²) in [5.41, 5.74) is 0. The summed E-state index contributed by atoms with van der Waals surface area (Å²) in [6.07, 6.45) is 4.65. The Morgan fingerprint density at radius 3 is 2.50 bits per heavy atom. The molecule has 62 valence electrons. The van der Waals surface area contributed by atoms with Crippen LogP contribution in [0.3, 0.4) is 0 Å². The maximum atomic E-state index is 13.2. The van der Waals surface area contributed by atoms with Gasteiger partial charge in [-0.2, -0.15) is 0 Å². The molecule has 3 heteroatoms. The van der Waals surface area contributed by atoms with Crippen LogP contribution >= 0.6 is 21.6 Å². The number of unbranched alkanes of at least 4 members (excludes halogenated alkanes) is 1. The smallest absolute Gasteiger partial charge is 0.163 e. The van der Waals surface area contributed by atoms with Crippen LogP contribution in [0.25, 0.3) is 0 Å². The first-order valence-electron chi connectivity index (χ1n) is 3.53. The molecule has 0 spiro atoms. The third-order valence-electron chi connectivity index (χ3n) is 1.23. The Morgan fingerprint density at radius 2 is 2.10 bits per heavy atom. The van der Waals surface area contributed by atoms with Crippen LogP contribution in [0.4, 0.5) is 4.39 Å². The molecule has 0 nitrogen and oxygen atoms in total. The van der Waals surface area contributed by atoms with E-state index in [9.17, 15) is 4.39 Å². The van der Waals surface area contributed by atoms with Gasteiger partial charge in [0.05, 0.1) is 0 Å². The Kier molecular flexibility index (Phi) is 5.64. The van der Waals surface area contributed by atoms with Crippen LogP contribution in [0.1, 0.15) is 33.1 Å². The van der Waals surface area contributed by atoms with E-state index in [-0.39, 0.29) is 0 Å². The molecule has 10 heavy (non-hydrogen) atoms. The summed E-state index contributed by atoms with van der Waals surface area (Å²) < 4.78 is 13.2. The average molecular weight is 182 g/mol.